The topological polar surface area (TPSA) is 300 Å². The van der Waals surface area contributed by atoms with Gasteiger partial charge in [0.15, 0.2) is 0 Å². The second kappa shape index (κ2) is 26.7. The Morgan fingerprint density at radius 2 is 1.63 bits per heavy atom. The Morgan fingerprint density at radius 3 is 2.33 bits per heavy atom. The van der Waals surface area contributed by atoms with Crippen molar-refractivity contribution >= 4 is 83.4 Å². The van der Waals surface area contributed by atoms with Crippen molar-refractivity contribution in [2.45, 2.75) is 139 Å². The number of nitrogens with two attached hydrogens (primary N) is 1. The summed E-state index contributed by atoms with van der Waals surface area (Å²) in [5.41, 5.74) is 8.25. The van der Waals surface area contributed by atoms with E-state index in [2.05, 4.69) is 58.4 Å². The molecule has 0 saturated carbocycles. The number of amides is 9. The summed E-state index contributed by atoms with van der Waals surface area (Å²) < 4.78 is 38.7. The van der Waals surface area contributed by atoms with Gasteiger partial charge in [-0.2, -0.15) is 8.78 Å². The van der Waals surface area contributed by atoms with Gasteiger partial charge in [0.05, 0.1) is 10.4 Å². The lowest BCUT2D eigenvalue weighted by atomic mass is 9.86. The van der Waals surface area contributed by atoms with Crippen molar-refractivity contribution in [2.75, 3.05) is 39.8 Å². The van der Waals surface area contributed by atoms with Crippen LogP contribution in [0.1, 0.15) is 126 Å². The number of benzene rings is 3. The zero-order valence-corrected chi connectivity index (χ0v) is 49.8. The quantitative estimate of drug-likeness (QED) is 0.0438. The van der Waals surface area contributed by atoms with Gasteiger partial charge in [-0.3, -0.25) is 43.7 Å². The molecular weight excluding hydrogens is 1160 g/mol. The molecule has 9 rings (SSSR count). The normalized spacial score (nSPS) is 21.2. The van der Waals surface area contributed by atoms with E-state index in [0.29, 0.717) is 67.6 Å². The number of halogens is 2. The third-order valence-electron chi connectivity index (χ3n) is 16.6. The molecule has 0 aliphatic carbocycles. The molecule has 0 radical (unpaired) electrons. The van der Waals surface area contributed by atoms with Gasteiger partial charge in [0.1, 0.15) is 36.8 Å². The van der Waals surface area contributed by atoms with Crippen LogP contribution in [0.5, 0.6) is 0 Å². The van der Waals surface area contributed by atoms with E-state index in [9.17, 15) is 51.9 Å². The summed E-state index contributed by atoms with van der Waals surface area (Å²) in [6, 6.07) is 11.6. The van der Waals surface area contributed by atoms with Crippen LogP contribution in [-0.2, 0) is 62.5 Å². The number of alkyl halides is 2. The lowest BCUT2D eigenvalue weighted by molar-refractivity contribution is -0.189. The fourth-order valence-corrected chi connectivity index (χ4v) is 13.1. The number of ether oxygens (including phenoxy) is 1. The van der Waals surface area contributed by atoms with Gasteiger partial charge in [-0.15, -0.1) is 11.3 Å². The number of imide groups is 1. The van der Waals surface area contributed by atoms with Crippen LogP contribution in [0.25, 0.3) is 10.1 Å². The standard InChI is InChI=1S/C60H70F2N9O13PS/c1-59(2,3)38-14-12-35(13-15-38)28-43(56(78)69-26-22-34(23-27-69)8-5-6-9-36-10-7-11-41-42(36)31-70(55(41)77)46-19-21-50(72)67-52(46)74)64-51(73)45(33-83-58(63)80)66-53(75)47-18-17-40-24-25-68(4)32-44(57(79)71(40)47)65-54(76)49-30-37-29-39(16-20-48(37)86-49)60(61,62)84-85(81)82/h7,10-16,20,29-30,34,40,43-47,81-82H,5,8,17-19,21-28,31-33H2,1-4H3,(H2,63,80)(H,64,73)(H,65,76)(H,66,75)(H,67,72,74)/t40-,43+,44+,45+,46?,47+/m1/s1. The largest absolute Gasteiger partial charge is 0.447 e. The number of likely N-dealkylation sites (tertiary alicyclic amines) is 1. The van der Waals surface area contributed by atoms with Crippen molar-refractivity contribution < 1.29 is 71.0 Å². The maximum absolute atomic E-state index is 14.7. The van der Waals surface area contributed by atoms with Crippen LogP contribution in [0.2, 0.25) is 0 Å². The molecule has 0 spiro atoms. The van der Waals surface area contributed by atoms with Crippen LogP contribution in [-0.4, -0.2) is 159 Å². The molecule has 5 aliphatic rings. The highest BCUT2D eigenvalue weighted by atomic mass is 32.1. The first-order valence-corrected chi connectivity index (χ1v) is 30.6. The zero-order valence-electron chi connectivity index (χ0n) is 48.1. The SMILES string of the molecule is CN1CC[C@H]2CC[C@@H](C(=O)N[C@@H](COC(N)=O)C(=O)N[C@@H](Cc3ccc(C(C)(C)C)cc3)C(=O)N3CCC(CCC#Cc4cccc5c4CN(C4CCC(=O)NC4=O)C5=O)CC3)N2C(=O)[C@@H](NC(=O)c2cc3cc(C(F)(F)OP(O)O)ccc3s2)C1. The lowest BCUT2D eigenvalue weighted by Gasteiger charge is -2.38. The van der Waals surface area contributed by atoms with E-state index >= 15 is 0 Å². The summed E-state index contributed by atoms with van der Waals surface area (Å²) in [5.74, 6) is 2.35. The number of likely N-dealkylation sites (N-methyl/N-ethyl adjacent to an activating group) is 1. The highest BCUT2D eigenvalue weighted by molar-refractivity contribution is 7.39. The molecule has 86 heavy (non-hydrogen) atoms. The van der Waals surface area contributed by atoms with E-state index in [-0.39, 0.29) is 78.1 Å². The summed E-state index contributed by atoms with van der Waals surface area (Å²) in [7, 11) is -1.60. The zero-order chi connectivity index (χ0) is 61.8. The first-order valence-electron chi connectivity index (χ1n) is 28.6. The molecule has 6 heterocycles. The average Bonchev–Trinajstić information content (AvgIpc) is 2.09. The average molecular weight is 1230 g/mol. The number of nitrogens with zero attached hydrogens (tertiary/aromatic N) is 4. The van der Waals surface area contributed by atoms with E-state index in [0.717, 1.165) is 46.6 Å². The Labute approximate surface area is 500 Å². The Kier molecular flexibility index (Phi) is 19.5. The molecule has 0 bridgehead atoms. The molecule has 3 aromatic carbocycles. The molecule has 1 aromatic heterocycles. The van der Waals surface area contributed by atoms with Crippen LogP contribution in [0.4, 0.5) is 13.6 Å². The minimum Gasteiger partial charge on any atom is -0.447 e. The lowest BCUT2D eigenvalue weighted by Crippen LogP contribution is -2.62. The molecule has 458 valence electrons. The van der Waals surface area contributed by atoms with Crippen LogP contribution in [0, 0.1) is 17.8 Å². The van der Waals surface area contributed by atoms with Gasteiger partial charge in [-0.1, -0.05) is 62.9 Å². The minimum atomic E-state index is -4.04. The summed E-state index contributed by atoms with van der Waals surface area (Å²) in [6.07, 6.45) is -1.15. The maximum atomic E-state index is 14.7. The third-order valence-corrected chi connectivity index (χ3v) is 18.1. The molecule has 8 N–H and O–H groups in total. The number of rotatable bonds is 17. The van der Waals surface area contributed by atoms with E-state index in [1.807, 2.05) is 35.2 Å². The molecule has 6 atom stereocenters. The van der Waals surface area contributed by atoms with Crippen molar-refractivity contribution in [1.82, 2.24) is 40.9 Å². The number of piperidine rings is 2. The van der Waals surface area contributed by atoms with E-state index in [4.69, 9.17) is 20.3 Å². The van der Waals surface area contributed by atoms with E-state index < -0.39 is 98.8 Å². The highest BCUT2D eigenvalue weighted by Crippen LogP contribution is 2.43. The van der Waals surface area contributed by atoms with Crippen LogP contribution in [0.3, 0.4) is 0 Å². The monoisotopic (exact) mass is 1230 g/mol. The summed E-state index contributed by atoms with van der Waals surface area (Å²) in [4.78, 5) is 147. The Morgan fingerprint density at radius 1 is 0.895 bits per heavy atom. The van der Waals surface area contributed by atoms with Gasteiger partial charge in [-0.25, -0.2) is 9.32 Å². The molecule has 5 aliphatic heterocycles. The number of hydrogen-bond acceptors (Lipinski definition) is 15. The number of carbonyl (C=O) groups excluding carboxylic acids is 9. The Balaban J connectivity index is 0.857. The molecule has 4 aromatic rings. The fraction of sp³-hybridized carbons (Fsp3) is 0.483. The van der Waals surface area contributed by atoms with E-state index in [1.165, 1.54) is 21.9 Å². The molecular formula is C60H70F2N9O13PS. The first-order chi connectivity index (χ1) is 40.8. The summed E-state index contributed by atoms with van der Waals surface area (Å²) in [6.45, 7) is 7.01. The molecule has 1 unspecified atom stereocenters. The first kappa shape index (κ1) is 63.1. The Hall–Kier alpha value is -7.46. The van der Waals surface area contributed by atoms with Crippen molar-refractivity contribution in [3.8, 4) is 11.8 Å². The fourth-order valence-electron chi connectivity index (χ4n) is 11.9. The van der Waals surface area contributed by atoms with Gasteiger partial charge in [0.25, 0.3) is 11.8 Å². The second-order valence-corrected chi connectivity index (χ2v) is 25.3. The highest BCUT2D eigenvalue weighted by Gasteiger charge is 2.46. The van der Waals surface area contributed by atoms with Gasteiger partial charge in [-0.05, 0) is 128 Å². The number of fused-ring (bicyclic) bond motifs is 3. The number of nitrogens with one attached hydrogen (secondary N) is 4. The van der Waals surface area contributed by atoms with Crippen LogP contribution in [0.15, 0.2) is 66.7 Å². The number of carbonyl (C=O) groups is 9. The van der Waals surface area contributed by atoms with Crippen molar-refractivity contribution in [3.63, 3.8) is 0 Å². The molecule has 22 nitrogen and oxygen atoms in total. The predicted molar refractivity (Wildman–Crippen MR) is 311 cm³/mol. The number of thiophene rings is 1. The molecule has 4 fully saturated rings. The van der Waals surface area contributed by atoms with Crippen molar-refractivity contribution in [3.05, 3.63) is 105 Å². The van der Waals surface area contributed by atoms with Gasteiger partial charge >= 0.3 is 20.8 Å². The van der Waals surface area contributed by atoms with Crippen molar-refractivity contribution in [1.29, 1.82) is 0 Å². The smallest absolute Gasteiger partial charge is 0.404 e. The Bertz CT molecular complexity index is 3360. The van der Waals surface area contributed by atoms with Crippen LogP contribution < -0.4 is 27.0 Å². The minimum absolute atomic E-state index is 0.0442. The van der Waals surface area contributed by atoms with E-state index in [1.54, 1.807) is 24.1 Å². The molecule has 26 heteroatoms. The number of primary amides is 1. The van der Waals surface area contributed by atoms with Gasteiger partial charge < -0.3 is 55.8 Å². The summed E-state index contributed by atoms with van der Waals surface area (Å²) >= 11 is 0.977. The third kappa shape index (κ3) is 14.8. The van der Waals surface area contributed by atoms with Gasteiger partial charge in [0.2, 0.25) is 35.4 Å². The second-order valence-electron chi connectivity index (χ2n) is 23.5. The predicted octanol–water partition coefficient (Wildman–Crippen LogP) is 4.41. The molecule has 9 amide bonds. The summed E-state index contributed by atoms with van der Waals surface area (Å²) in [5, 5.41) is 10.9. The number of hydrogen-bond donors (Lipinski definition) is 7. The van der Waals surface area contributed by atoms with Crippen molar-refractivity contribution in [2.24, 2.45) is 11.7 Å². The molecule has 4 saturated heterocycles. The van der Waals surface area contributed by atoms with Gasteiger partial charge in [0, 0.05) is 67.3 Å². The van der Waals surface area contributed by atoms with Crippen LogP contribution >= 0.6 is 19.9 Å². The maximum Gasteiger partial charge on any atom is 0.404 e.